The predicted octanol–water partition coefficient (Wildman–Crippen LogP) is 1.43. The van der Waals surface area contributed by atoms with Crippen LogP contribution in [-0.2, 0) is 0 Å². The van der Waals surface area contributed by atoms with Crippen LogP contribution in [0.1, 0.15) is 10.4 Å². The molecule has 0 radical (unpaired) electrons. The fourth-order valence-corrected chi connectivity index (χ4v) is 0.809. The van der Waals surface area contributed by atoms with Crippen molar-refractivity contribution in [3.63, 3.8) is 0 Å². The first-order chi connectivity index (χ1) is 6.15. The summed E-state index contributed by atoms with van der Waals surface area (Å²) in [6.07, 6.45) is 0. The van der Waals surface area contributed by atoms with Crippen molar-refractivity contribution in [1.82, 2.24) is 0 Å². The molecule has 0 aliphatic carbocycles. The summed E-state index contributed by atoms with van der Waals surface area (Å²) in [6, 6.07) is 3.83. The van der Waals surface area contributed by atoms with Crippen LogP contribution in [0, 0.1) is 0 Å². The lowest BCUT2D eigenvalue weighted by Crippen LogP contribution is -2.10. The number of carbonyl (C=O) groups excluding carboxylic acids is 1. The molecule has 1 amide bonds. The molecular weight excluding hydrogens is 172 g/mol. The molecule has 0 unspecified atom stereocenters. The third kappa shape index (κ3) is 1.88. The zero-order valence-corrected chi connectivity index (χ0v) is 6.51. The van der Waals surface area contributed by atoms with Gasteiger partial charge < -0.3 is 10.8 Å². The van der Waals surface area contributed by atoms with Crippen LogP contribution >= 0.6 is 0 Å². The van der Waals surface area contributed by atoms with Crippen LogP contribution in [0.15, 0.2) is 23.3 Å². The van der Waals surface area contributed by atoms with Crippen LogP contribution in [-0.4, -0.2) is 11.0 Å². The number of nitrogens with zero attached hydrogens (tertiary/aromatic N) is 3. The zero-order valence-electron chi connectivity index (χ0n) is 6.51. The van der Waals surface area contributed by atoms with Crippen molar-refractivity contribution in [1.29, 1.82) is 0 Å². The second kappa shape index (κ2) is 3.46. The summed E-state index contributed by atoms with van der Waals surface area (Å²) < 4.78 is 0. The summed E-state index contributed by atoms with van der Waals surface area (Å²) in [4.78, 5) is 13.1. The Kier molecular flexibility index (Phi) is 2.37. The number of hydrogen-bond donors (Lipinski definition) is 2. The van der Waals surface area contributed by atoms with E-state index >= 15 is 0 Å². The van der Waals surface area contributed by atoms with E-state index in [9.17, 15) is 9.90 Å². The minimum Gasteiger partial charge on any atom is -0.507 e. The molecule has 0 aliphatic heterocycles. The van der Waals surface area contributed by atoms with Gasteiger partial charge in [0.05, 0.1) is 5.69 Å². The van der Waals surface area contributed by atoms with Gasteiger partial charge in [-0.2, -0.15) is 0 Å². The number of carbonyl (C=O) groups is 1. The van der Waals surface area contributed by atoms with Crippen LogP contribution in [0.4, 0.5) is 5.69 Å². The lowest BCUT2D eigenvalue weighted by Gasteiger charge is -1.99. The average molecular weight is 178 g/mol. The van der Waals surface area contributed by atoms with Crippen LogP contribution in [0.25, 0.3) is 10.4 Å². The lowest BCUT2D eigenvalue weighted by molar-refractivity contribution is 0.1000. The van der Waals surface area contributed by atoms with Crippen molar-refractivity contribution >= 4 is 11.6 Å². The van der Waals surface area contributed by atoms with Gasteiger partial charge in [-0.15, -0.1) is 0 Å². The molecule has 0 bridgehead atoms. The quantitative estimate of drug-likeness (QED) is 0.405. The molecule has 1 rings (SSSR count). The number of rotatable bonds is 2. The molecule has 3 N–H and O–H groups in total. The smallest absolute Gasteiger partial charge is 0.248 e. The van der Waals surface area contributed by atoms with Crippen molar-refractivity contribution in [2.24, 2.45) is 10.8 Å². The number of primary amides is 1. The summed E-state index contributed by atoms with van der Waals surface area (Å²) >= 11 is 0. The van der Waals surface area contributed by atoms with Gasteiger partial charge in [0.1, 0.15) is 5.75 Å². The van der Waals surface area contributed by atoms with Gasteiger partial charge in [0.2, 0.25) is 5.91 Å². The van der Waals surface area contributed by atoms with Crippen LogP contribution in [0.3, 0.4) is 0 Å². The fourth-order valence-electron chi connectivity index (χ4n) is 0.809. The Balaban J connectivity index is 3.19. The SMILES string of the molecule is [N-]=[N+]=Nc1ccc(C(N)=O)cc1O. The van der Waals surface area contributed by atoms with Crippen molar-refractivity contribution < 1.29 is 9.90 Å². The van der Waals surface area contributed by atoms with Crippen molar-refractivity contribution in [3.8, 4) is 5.75 Å². The molecule has 6 heteroatoms. The van der Waals surface area contributed by atoms with E-state index in [1.165, 1.54) is 12.1 Å². The highest BCUT2D eigenvalue weighted by atomic mass is 16.3. The zero-order chi connectivity index (χ0) is 9.84. The highest BCUT2D eigenvalue weighted by Gasteiger charge is 2.04. The number of benzene rings is 1. The normalized spacial score (nSPS) is 8.92. The molecule has 0 spiro atoms. The largest absolute Gasteiger partial charge is 0.507 e. The lowest BCUT2D eigenvalue weighted by atomic mass is 10.2. The van der Waals surface area contributed by atoms with E-state index in [4.69, 9.17) is 11.3 Å². The van der Waals surface area contributed by atoms with E-state index in [2.05, 4.69) is 10.0 Å². The molecule has 0 atom stereocenters. The van der Waals surface area contributed by atoms with Gasteiger partial charge >= 0.3 is 0 Å². The first-order valence-electron chi connectivity index (χ1n) is 3.33. The molecule has 0 fully saturated rings. The molecule has 0 saturated carbocycles. The first-order valence-corrected chi connectivity index (χ1v) is 3.33. The molecule has 1 aromatic carbocycles. The number of nitrogens with two attached hydrogens (primary N) is 1. The Hall–Kier alpha value is -2.20. The minimum absolute atomic E-state index is 0.0625. The molecule has 0 heterocycles. The van der Waals surface area contributed by atoms with Gasteiger partial charge in [-0.25, -0.2) is 0 Å². The van der Waals surface area contributed by atoms with Gasteiger partial charge in [-0.3, -0.25) is 4.79 Å². The summed E-state index contributed by atoms with van der Waals surface area (Å²) in [5, 5.41) is 12.4. The monoisotopic (exact) mass is 178 g/mol. The number of hydrogen-bond acceptors (Lipinski definition) is 3. The number of aromatic hydroxyl groups is 1. The Morgan fingerprint density at radius 1 is 1.62 bits per heavy atom. The molecule has 0 saturated heterocycles. The van der Waals surface area contributed by atoms with E-state index in [0.29, 0.717) is 0 Å². The molecular formula is C7H6N4O2. The first kappa shape index (κ1) is 8.89. The highest BCUT2D eigenvalue weighted by molar-refractivity contribution is 5.93. The minimum atomic E-state index is -0.650. The topological polar surface area (TPSA) is 112 Å². The summed E-state index contributed by atoms with van der Waals surface area (Å²) in [5.41, 5.74) is 13.3. The van der Waals surface area contributed by atoms with Crippen molar-refractivity contribution in [2.75, 3.05) is 0 Å². The maximum absolute atomic E-state index is 10.6. The molecule has 0 aromatic heterocycles. The summed E-state index contributed by atoms with van der Waals surface area (Å²) in [7, 11) is 0. The molecule has 1 aromatic rings. The highest BCUT2D eigenvalue weighted by Crippen LogP contribution is 2.26. The Morgan fingerprint density at radius 3 is 2.77 bits per heavy atom. The maximum Gasteiger partial charge on any atom is 0.248 e. The third-order valence-corrected chi connectivity index (χ3v) is 1.41. The third-order valence-electron chi connectivity index (χ3n) is 1.41. The second-order valence-electron chi connectivity index (χ2n) is 2.26. The van der Waals surface area contributed by atoms with Gasteiger partial charge in [0.15, 0.2) is 0 Å². The van der Waals surface area contributed by atoms with Crippen LogP contribution in [0.5, 0.6) is 5.75 Å². The molecule has 13 heavy (non-hydrogen) atoms. The fraction of sp³-hybridized carbons (Fsp3) is 0. The van der Waals surface area contributed by atoms with Gasteiger partial charge in [-0.1, -0.05) is 5.11 Å². The summed E-state index contributed by atoms with van der Waals surface area (Å²) in [6.45, 7) is 0. The average Bonchev–Trinajstić information content (AvgIpc) is 2.08. The van der Waals surface area contributed by atoms with Crippen LogP contribution in [0.2, 0.25) is 0 Å². The number of phenols is 1. The van der Waals surface area contributed by atoms with Gasteiger partial charge in [0, 0.05) is 10.5 Å². The number of amides is 1. The van der Waals surface area contributed by atoms with Crippen molar-refractivity contribution in [2.45, 2.75) is 0 Å². The molecule has 66 valence electrons. The Labute approximate surface area is 73.2 Å². The molecule has 6 nitrogen and oxygen atoms in total. The Bertz CT molecular complexity index is 395. The van der Waals surface area contributed by atoms with Crippen LogP contribution < -0.4 is 5.73 Å². The number of azide groups is 1. The Morgan fingerprint density at radius 2 is 2.31 bits per heavy atom. The van der Waals surface area contributed by atoms with Gasteiger partial charge in [0.25, 0.3) is 0 Å². The maximum atomic E-state index is 10.6. The molecule has 0 aliphatic rings. The second-order valence-corrected chi connectivity index (χ2v) is 2.26. The predicted molar refractivity (Wildman–Crippen MR) is 45.4 cm³/mol. The van der Waals surface area contributed by atoms with Gasteiger partial charge in [-0.05, 0) is 23.7 Å². The van der Waals surface area contributed by atoms with E-state index in [0.717, 1.165) is 6.07 Å². The van der Waals surface area contributed by atoms with E-state index in [1.807, 2.05) is 0 Å². The van der Waals surface area contributed by atoms with E-state index < -0.39 is 5.91 Å². The standard InChI is InChI=1S/C7H6N4O2/c8-7(13)4-1-2-5(10-11-9)6(12)3-4/h1-3,12H,(H2,8,13). The number of phenolic OH excluding ortho intramolecular Hbond substituents is 1. The van der Waals surface area contributed by atoms with E-state index in [-0.39, 0.29) is 17.0 Å². The summed E-state index contributed by atoms with van der Waals surface area (Å²) in [5.74, 6) is -0.920. The van der Waals surface area contributed by atoms with E-state index in [1.54, 1.807) is 0 Å². The van der Waals surface area contributed by atoms with Crippen molar-refractivity contribution in [3.05, 3.63) is 34.2 Å².